The van der Waals surface area contributed by atoms with Crippen LogP contribution in [0.4, 0.5) is 18.9 Å². The van der Waals surface area contributed by atoms with E-state index in [1.165, 1.54) is 6.20 Å². The van der Waals surface area contributed by atoms with Crippen molar-refractivity contribution >= 4 is 16.7 Å². The third kappa shape index (κ3) is 3.96. The van der Waals surface area contributed by atoms with Gasteiger partial charge in [-0.15, -0.1) is 0 Å². The van der Waals surface area contributed by atoms with Crippen molar-refractivity contribution in [3.05, 3.63) is 41.7 Å². The van der Waals surface area contributed by atoms with E-state index in [2.05, 4.69) is 31.5 Å². The Kier molecular flexibility index (Phi) is 5.35. The lowest BCUT2D eigenvalue weighted by atomic mass is 10.1. The molecule has 0 atom stereocenters. The molecule has 3 aromatic heterocycles. The van der Waals surface area contributed by atoms with Crippen LogP contribution in [0.5, 0.6) is 0 Å². The number of pyridine rings is 2. The normalized spacial score (nSPS) is 14.9. The number of aryl methyl sites for hydroxylation is 1. The Balaban J connectivity index is 1.74. The van der Waals surface area contributed by atoms with Gasteiger partial charge in [0.05, 0.1) is 28.8 Å². The summed E-state index contributed by atoms with van der Waals surface area (Å²) in [4.78, 5) is 9.06. The number of nitrogens with one attached hydrogen (secondary N) is 2. The van der Waals surface area contributed by atoms with Crippen molar-refractivity contribution in [1.82, 2.24) is 20.0 Å². The van der Waals surface area contributed by atoms with Gasteiger partial charge >= 0.3 is 6.18 Å². The largest absolute Gasteiger partial charge is 0.402 e. The number of nitriles is 1. The molecule has 0 aliphatic heterocycles. The molecule has 6 nitrogen and oxygen atoms in total. The number of halogens is 3. The lowest BCUT2D eigenvalue weighted by molar-refractivity contribution is -0.123. The molecule has 1 saturated carbocycles. The van der Waals surface area contributed by atoms with Crippen LogP contribution < -0.4 is 10.9 Å². The van der Waals surface area contributed by atoms with E-state index in [0.717, 1.165) is 42.3 Å². The zero-order valence-corrected chi connectivity index (χ0v) is 16.4. The molecule has 0 saturated heterocycles. The average molecular weight is 414 g/mol. The highest BCUT2D eigenvalue weighted by Gasteiger charge is 2.28. The molecule has 0 aromatic carbocycles. The summed E-state index contributed by atoms with van der Waals surface area (Å²) in [6, 6.07) is 7.88. The molecular weight excluding hydrogens is 393 g/mol. The Morgan fingerprint density at radius 1 is 1.20 bits per heavy atom. The number of hydrogen-bond donors (Lipinski definition) is 2. The van der Waals surface area contributed by atoms with E-state index in [0.29, 0.717) is 22.6 Å². The quantitative estimate of drug-likeness (QED) is 0.582. The van der Waals surface area contributed by atoms with Crippen LogP contribution in [-0.2, 0) is 0 Å². The first-order valence-electron chi connectivity index (χ1n) is 9.80. The minimum Gasteiger partial charge on any atom is -0.320 e. The first-order valence-corrected chi connectivity index (χ1v) is 9.80. The van der Waals surface area contributed by atoms with E-state index in [1.54, 1.807) is 18.3 Å². The van der Waals surface area contributed by atoms with E-state index in [4.69, 9.17) is 0 Å². The smallest absolute Gasteiger partial charge is 0.320 e. The minimum atomic E-state index is -4.31. The summed E-state index contributed by atoms with van der Waals surface area (Å²) in [6.45, 7) is 0.779. The molecular formula is C21H21F3N6. The average Bonchev–Trinajstić information content (AvgIpc) is 3.32. The van der Waals surface area contributed by atoms with E-state index in [-0.39, 0.29) is 6.04 Å². The Morgan fingerprint density at radius 2 is 1.97 bits per heavy atom. The van der Waals surface area contributed by atoms with Crippen LogP contribution in [0.25, 0.3) is 22.4 Å². The summed E-state index contributed by atoms with van der Waals surface area (Å²) in [5.41, 5.74) is 8.60. The molecule has 1 fully saturated rings. The van der Waals surface area contributed by atoms with Crippen molar-refractivity contribution < 1.29 is 13.2 Å². The Hall–Kier alpha value is -3.12. The van der Waals surface area contributed by atoms with Gasteiger partial charge in [-0.1, -0.05) is 12.8 Å². The Bertz CT molecular complexity index is 1090. The molecule has 9 heteroatoms. The maximum absolute atomic E-state index is 12.3. The molecule has 0 bridgehead atoms. The lowest BCUT2D eigenvalue weighted by Gasteiger charge is -2.17. The monoisotopic (exact) mass is 414 g/mol. The second kappa shape index (κ2) is 7.95. The highest BCUT2D eigenvalue weighted by Crippen LogP contribution is 2.40. The molecule has 3 aromatic rings. The summed E-state index contributed by atoms with van der Waals surface area (Å²) in [6.07, 6.45) is 3.21. The number of hydrogen-bond acceptors (Lipinski definition) is 5. The van der Waals surface area contributed by atoms with E-state index in [1.807, 2.05) is 13.0 Å². The van der Waals surface area contributed by atoms with Crippen molar-refractivity contribution in [2.24, 2.45) is 0 Å². The Morgan fingerprint density at radius 3 is 2.60 bits per heavy atom. The van der Waals surface area contributed by atoms with Gasteiger partial charge in [0.2, 0.25) is 0 Å². The van der Waals surface area contributed by atoms with Crippen LogP contribution >= 0.6 is 0 Å². The fraction of sp³-hybridized carbons (Fsp3) is 0.381. The minimum absolute atomic E-state index is 0.243. The molecule has 0 unspecified atom stereocenters. The van der Waals surface area contributed by atoms with Crippen LogP contribution in [0.15, 0.2) is 30.6 Å². The predicted molar refractivity (Wildman–Crippen MR) is 108 cm³/mol. The number of fused-ring (bicyclic) bond motifs is 1. The number of anilines is 1. The predicted octanol–water partition coefficient (Wildman–Crippen LogP) is 4.87. The number of aromatic nitrogens is 3. The van der Waals surface area contributed by atoms with Crippen molar-refractivity contribution in [2.45, 2.75) is 44.8 Å². The van der Waals surface area contributed by atoms with Gasteiger partial charge in [0.1, 0.15) is 18.3 Å². The van der Waals surface area contributed by atoms with Crippen molar-refractivity contribution in [3.8, 4) is 17.5 Å². The van der Waals surface area contributed by atoms with Gasteiger partial charge < -0.3 is 9.99 Å². The third-order valence-corrected chi connectivity index (χ3v) is 5.31. The van der Waals surface area contributed by atoms with Crippen molar-refractivity contribution in [3.63, 3.8) is 0 Å². The first-order chi connectivity index (χ1) is 14.4. The fourth-order valence-electron chi connectivity index (χ4n) is 4.03. The summed E-state index contributed by atoms with van der Waals surface area (Å²) >= 11 is 0. The van der Waals surface area contributed by atoms with E-state index < -0.39 is 12.7 Å². The molecule has 1 aliphatic rings. The fourth-order valence-corrected chi connectivity index (χ4v) is 4.03. The summed E-state index contributed by atoms with van der Waals surface area (Å²) < 4.78 is 39.0. The maximum atomic E-state index is 12.3. The van der Waals surface area contributed by atoms with E-state index >= 15 is 0 Å². The molecule has 4 rings (SSSR count). The third-order valence-electron chi connectivity index (χ3n) is 5.31. The summed E-state index contributed by atoms with van der Waals surface area (Å²) in [7, 11) is 0. The zero-order chi connectivity index (χ0) is 21.3. The number of hydrazine groups is 1. The van der Waals surface area contributed by atoms with Crippen LogP contribution in [-0.4, -0.2) is 27.3 Å². The SMILES string of the molecule is Cc1cnc2c(c1)c(C#N)c(-c1ccc(NNCC(F)(F)F)cn1)n2C1CCCC1. The molecule has 0 amide bonds. The summed E-state index contributed by atoms with van der Waals surface area (Å²) in [5.74, 6) is 0. The molecule has 156 valence electrons. The molecule has 0 radical (unpaired) electrons. The van der Waals surface area contributed by atoms with Crippen molar-refractivity contribution in [1.29, 1.82) is 5.26 Å². The van der Waals surface area contributed by atoms with E-state index in [9.17, 15) is 18.4 Å². The molecule has 2 N–H and O–H groups in total. The van der Waals surface area contributed by atoms with Crippen LogP contribution in [0.3, 0.4) is 0 Å². The number of nitrogens with zero attached hydrogens (tertiary/aromatic N) is 4. The number of rotatable bonds is 5. The molecule has 0 spiro atoms. The van der Waals surface area contributed by atoms with Gasteiger partial charge in [-0.2, -0.15) is 18.4 Å². The van der Waals surface area contributed by atoms with Crippen LogP contribution in [0, 0.1) is 18.3 Å². The lowest BCUT2D eigenvalue weighted by Crippen LogP contribution is -2.32. The maximum Gasteiger partial charge on any atom is 0.402 e. The van der Waals surface area contributed by atoms with Gasteiger partial charge in [0, 0.05) is 17.6 Å². The highest BCUT2D eigenvalue weighted by molar-refractivity contribution is 5.92. The van der Waals surface area contributed by atoms with Crippen molar-refractivity contribution in [2.75, 3.05) is 12.0 Å². The standard InChI is InChI=1S/C21H21F3N6/c1-13-8-16-17(9-25)19(30(20(16)27-10-13)15-4-2-3-5-15)18-7-6-14(11-26-18)29-28-12-21(22,23)24/h6-8,10-11,15,28-29H,2-5,12H2,1H3. The summed E-state index contributed by atoms with van der Waals surface area (Å²) in [5, 5.41) is 10.7. The van der Waals surface area contributed by atoms with Gasteiger partial charge in [-0.25, -0.2) is 10.4 Å². The number of alkyl halides is 3. The van der Waals surface area contributed by atoms with Gasteiger partial charge in [-0.05, 0) is 43.5 Å². The second-order valence-corrected chi connectivity index (χ2v) is 7.55. The van der Waals surface area contributed by atoms with Gasteiger partial charge in [0.15, 0.2) is 0 Å². The molecule has 1 aliphatic carbocycles. The van der Waals surface area contributed by atoms with Gasteiger partial charge in [0.25, 0.3) is 0 Å². The van der Waals surface area contributed by atoms with Crippen LogP contribution in [0.1, 0.15) is 42.9 Å². The van der Waals surface area contributed by atoms with Gasteiger partial charge in [-0.3, -0.25) is 4.98 Å². The molecule has 3 heterocycles. The Labute approximate surface area is 171 Å². The second-order valence-electron chi connectivity index (χ2n) is 7.55. The zero-order valence-electron chi connectivity index (χ0n) is 16.4. The first kappa shape index (κ1) is 20.2. The topological polar surface area (TPSA) is 78.6 Å². The molecule has 30 heavy (non-hydrogen) atoms. The highest BCUT2D eigenvalue weighted by atomic mass is 19.4. The van der Waals surface area contributed by atoms with Crippen LogP contribution in [0.2, 0.25) is 0 Å².